The van der Waals surface area contributed by atoms with Gasteiger partial charge in [-0.15, -0.1) is 0 Å². The second kappa shape index (κ2) is 11.0. The van der Waals surface area contributed by atoms with Crippen molar-refractivity contribution in [3.05, 3.63) is 84.9 Å². The molecule has 4 aromatic rings. The summed E-state index contributed by atoms with van der Waals surface area (Å²) in [6.45, 7) is 2.93. The molecule has 0 fully saturated rings. The van der Waals surface area contributed by atoms with E-state index in [1.54, 1.807) is 25.6 Å². The van der Waals surface area contributed by atoms with Gasteiger partial charge in [0.15, 0.2) is 0 Å². The van der Waals surface area contributed by atoms with Gasteiger partial charge >= 0.3 is 0 Å². The Morgan fingerprint density at radius 1 is 0.576 bits per heavy atom. The zero-order valence-corrected chi connectivity index (χ0v) is 20.2. The zero-order valence-electron chi connectivity index (χ0n) is 19.3. The van der Waals surface area contributed by atoms with Gasteiger partial charge in [0.2, 0.25) is 21.1 Å². The van der Waals surface area contributed by atoms with Gasteiger partial charge in [0.05, 0.1) is 20.8 Å². The van der Waals surface area contributed by atoms with E-state index in [9.17, 15) is 0 Å². The maximum absolute atomic E-state index is 5.85. The third-order valence-corrected chi connectivity index (χ3v) is 6.64. The molecule has 168 valence electrons. The van der Waals surface area contributed by atoms with E-state index in [4.69, 9.17) is 14.2 Å². The number of ether oxygens (including phenoxy) is 3. The smallest absolute Gasteiger partial charge is 0.239 e. The minimum Gasteiger partial charge on any atom is -0.497 e. The van der Waals surface area contributed by atoms with Crippen molar-refractivity contribution in [2.75, 3.05) is 20.8 Å². The maximum atomic E-state index is 5.85. The molecule has 0 aliphatic carbocycles. The molecule has 0 unspecified atom stereocenters. The van der Waals surface area contributed by atoms with Gasteiger partial charge < -0.3 is 14.2 Å². The maximum Gasteiger partial charge on any atom is 0.239 e. The number of hydrogen-bond donors (Lipinski definition) is 0. The highest BCUT2D eigenvalue weighted by Gasteiger charge is 2.19. The first-order valence-electron chi connectivity index (χ1n) is 11.2. The van der Waals surface area contributed by atoms with Crippen molar-refractivity contribution in [3.8, 4) is 49.3 Å². The van der Waals surface area contributed by atoms with Gasteiger partial charge in [0.1, 0.15) is 17.2 Å². The van der Waals surface area contributed by atoms with Crippen molar-refractivity contribution in [1.82, 2.24) is 0 Å². The second-order valence-corrected chi connectivity index (χ2v) is 8.84. The lowest BCUT2D eigenvalue weighted by Gasteiger charge is -2.07. The van der Waals surface area contributed by atoms with Crippen LogP contribution in [-0.2, 0) is 0 Å². The van der Waals surface area contributed by atoms with E-state index in [2.05, 4.69) is 67.6 Å². The third-order valence-electron chi connectivity index (χ3n) is 5.50. The van der Waals surface area contributed by atoms with Gasteiger partial charge in [0, 0.05) is 23.3 Å². The van der Waals surface area contributed by atoms with Gasteiger partial charge in [-0.05, 0) is 78.2 Å². The predicted octanol–water partition coefficient (Wildman–Crippen LogP) is 8.23. The van der Waals surface area contributed by atoms with Crippen molar-refractivity contribution in [1.29, 1.82) is 0 Å². The van der Waals surface area contributed by atoms with Crippen LogP contribution in [0, 0.1) is 0 Å². The molecule has 4 rings (SSSR count). The van der Waals surface area contributed by atoms with Crippen LogP contribution in [-0.4, -0.2) is 20.8 Å². The molecule has 33 heavy (non-hydrogen) atoms. The Balaban J connectivity index is 1.73. The number of methoxy groups -OCH3 is 2. The van der Waals surface area contributed by atoms with Crippen molar-refractivity contribution in [3.63, 3.8) is 0 Å². The highest BCUT2D eigenvalue weighted by atomic mass is 32.1. The molecule has 0 radical (unpaired) electrons. The van der Waals surface area contributed by atoms with Crippen LogP contribution in [0.4, 0.5) is 0 Å². The predicted molar refractivity (Wildman–Crippen MR) is 139 cm³/mol. The van der Waals surface area contributed by atoms with E-state index in [-0.39, 0.29) is 0 Å². The molecule has 1 heterocycles. The van der Waals surface area contributed by atoms with Gasteiger partial charge in [-0.25, -0.2) is 0 Å². The van der Waals surface area contributed by atoms with E-state index >= 15 is 0 Å². The number of benzene rings is 3. The van der Waals surface area contributed by atoms with Crippen LogP contribution in [0.15, 0.2) is 84.9 Å². The normalized spacial score (nSPS) is 10.6. The van der Waals surface area contributed by atoms with Crippen molar-refractivity contribution >= 4 is 11.3 Å². The van der Waals surface area contributed by atoms with Crippen LogP contribution >= 0.6 is 11.3 Å². The Morgan fingerprint density at radius 2 is 1.03 bits per heavy atom. The Bertz CT molecular complexity index is 1100. The van der Waals surface area contributed by atoms with Crippen LogP contribution in [0.5, 0.6) is 17.2 Å². The summed E-state index contributed by atoms with van der Waals surface area (Å²) >= 11 is 1.77. The molecular formula is C29H29O3S+. The number of hydrogen-bond acceptors (Lipinski definition) is 3. The second-order valence-electron chi connectivity index (χ2n) is 7.76. The summed E-state index contributed by atoms with van der Waals surface area (Å²) in [6, 6.07) is 29.3. The number of unbranched alkanes of at least 4 members (excludes halogenated alkanes) is 1. The molecular weight excluding hydrogens is 428 g/mol. The van der Waals surface area contributed by atoms with E-state index in [0.29, 0.717) is 0 Å². The molecule has 0 aliphatic heterocycles. The Morgan fingerprint density at radius 3 is 1.48 bits per heavy atom. The quantitative estimate of drug-likeness (QED) is 0.187. The standard InChI is InChI=1S/C29H29O3S/c1-4-5-18-32-27-16-6-21(7-17-27)24-19-28(22-8-12-25(30-2)13-9-22)33-29(20-24)23-10-14-26(31-3)15-11-23/h6-17,19-20H,4-5,18H2,1-3H3/q+1. The van der Waals surface area contributed by atoms with Crippen LogP contribution in [0.2, 0.25) is 0 Å². The van der Waals surface area contributed by atoms with E-state index < -0.39 is 0 Å². The summed E-state index contributed by atoms with van der Waals surface area (Å²) in [5.41, 5.74) is 4.66. The van der Waals surface area contributed by atoms with Crippen LogP contribution in [0.3, 0.4) is 0 Å². The average Bonchev–Trinajstić information content (AvgIpc) is 2.89. The van der Waals surface area contributed by atoms with Crippen LogP contribution < -0.4 is 14.2 Å². The molecule has 0 N–H and O–H groups in total. The minimum absolute atomic E-state index is 0.756. The summed E-state index contributed by atoms with van der Waals surface area (Å²) in [4.78, 5) is 2.40. The highest BCUT2D eigenvalue weighted by Crippen LogP contribution is 2.38. The molecule has 1 aromatic heterocycles. The Kier molecular flexibility index (Phi) is 7.59. The third kappa shape index (κ3) is 5.71. The SMILES string of the molecule is CCCCOc1ccc(-c2cc(-c3ccc(OC)cc3)[s+]c(-c3ccc(OC)cc3)c2)cc1. The summed E-state index contributed by atoms with van der Waals surface area (Å²) < 4.78 is 16.5. The van der Waals surface area contributed by atoms with Crippen molar-refractivity contribution in [2.45, 2.75) is 19.8 Å². The molecule has 0 saturated carbocycles. The minimum atomic E-state index is 0.756. The summed E-state index contributed by atoms with van der Waals surface area (Å²) in [7, 11) is 3.38. The Labute approximate surface area is 200 Å². The van der Waals surface area contributed by atoms with E-state index in [1.165, 1.54) is 15.3 Å². The lowest BCUT2D eigenvalue weighted by Crippen LogP contribution is -1.95. The topological polar surface area (TPSA) is 27.7 Å². The first-order valence-corrected chi connectivity index (χ1v) is 12.0. The summed E-state index contributed by atoms with van der Waals surface area (Å²) in [5.74, 6) is 2.62. The lowest BCUT2D eigenvalue weighted by molar-refractivity contribution is 0.309. The van der Waals surface area contributed by atoms with Gasteiger partial charge in [-0.3, -0.25) is 0 Å². The average molecular weight is 458 g/mol. The van der Waals surface area contributed by atoms with Crippen molar-refractivity contribution < 1.29 is 14.2 Å². The van der Waals surface area contributed by atoms with E-state index in [0.717, 1.165) is 53.4 Å². The molecule has 4 heteroatoms. The molecule has 3 nitrogen and oxygen atoms in total. The first kappa shape index (κ1) is 22.8. The molecule has 0 amide bonds. The zero-order chi connectivity index (χ0) is 23.0. The fourth-order valence-corrected chi connectivity index (χ4v) is 4.66. The number of rotatable bonds is 9. The first-order chi connectivity index (χ1) is 16.2. The van der Waals surface area contributed by atoms with Crippen LogP contribution in [0.25, 0.3) is 32.0 Å². The van der Waals surface area contributed by atoms with Crippen LogP contribution in [0.1, 0.15) is 19.8 Å². The molecule has 0 aliphatic rings. The van der Waals surface area contributed by atoms with Gasteiger partial charge in [0.25, 0.3) is 0 Å². The molecule has 3 aromatic carbocycles. The largest absolute Gasteiger partial charge is 0.497 e. The Hall–Kier alpha value is -3.37. The fraction of sp³-hybridized carbons (Fsp3) is 0.207. The lowest BCUT2D eigenvalue weighted by atomic mass is 10.0. The summed E-state index contributed by atoms with van der Waals surface area (Å²) in [6.07, 6.45) is 2.20. The van der Waals surface area contributed by atoms with Gasteiger partial charge in [-0.2, -0.15) is 0 Å². The highest BCUT2D eigenvalue weighted by molar-refractivity contribution is 7.18. The van der Waals surface area contributed by atoms with E-state index in [1.807, 2.05) is 24.3 Å². The van der Waals surface area contributed by atoms with Crippen molar-refractivity contribution in [2.24, 2.45) is 0 Å². The molecule has 0 atom stereocenters. The fourth-order valence-electron chi connectivity index (χ4n) is 3.54. The molecule has 0 saturated heterocycles. The monoisotopic (exact) mass is 457 g/mol. The molecule has 0 bridgehead atoms. The van der Waals surface area contributed by atoms with Gasteiger partial charge in [-0.1, -0.05) is 25.5 Å². The summed E-state index contributed by atoms with van der Waals surface area (Å²) in [5, 5.41) is 0. The molecule has 0 spiro atoms.